The number of hydrogen-bond acceptors (Lipinski definition) is 3. The van der Waals surface area contributed by atoms with Crippen molar-refractivity contribution in [1.29, 1.82) is 0 Å². The Morgan fingerprint density at radius 2 is 2.29 bits per heavy atom. The number of carbonyl (C=O) groups excluding carboxylic acids is 1. The van der Waals surface area contributed by atoms with Gasteiger partial charge in [0.1, 0.15) is 11.6 Å². The molecule has 0 aromatic carbocycles. The molecule has 1 aliphatic heterocycles. The van der Waals surface area contributed by atoms with Crippen LogP contribution in [0.15, 0.2) is 12.4 Å². The lowest BCUT2D eigenvalue weighted by Gasteiger charge is -2.34. The first-order valence-electron chi connectivity index (χ1n) is 6.40. The first-order valence-corrected chi connectivity index (χ1v) is 6.40. The summed E-state index contributed by atoms with van der Waals surface area (Å²) in [6, 6.07) is 0.146. The molecule has 0 saturated carbocycles. The van der Waals surface area contributed by atoms with E-state index in [2.05, 4.69) is 14.5 Å². The van der Waals surface area contributed by atoms with Gasteiger partial charge in [0.2, 0.25) is 0 Å². The maximum absolute atomic E-state index is 11.6. The third-order valence-corrected chi connectivity index (χ3v) is 3.63. The van der Waals surface area contributed by atoms with E-state index >= 15 is 0 Å². The number of hydrogen-bond donors (Lipinski definition) is 0. The second-order valence-corrected chi connectivity index (χ2v) is 4.83. The molecule has 1 atom stereocenters. The molecule has 4 heteroatoms. The second kappa shape index (κ2) is 5.45. The number of rotatable bonds is 4. The maximum atomic E-state index is 11.6. The zero-order valence-electron chi connectivity index (χ0n) is 10.7. The van der Waals surface area contributed by atoms with Crippen LogP contribution in [-0.4, -0.2) is 39.4 Å². The van der Waals surface area contributed by atoms with Gasteiger partial charge in [0.05, 0.1) is 6.04 Å². The van der Waals surface area contributed by atoms with Crippen LogP contribution >= 0.6 is 0 Å². The molecule has 0 amide bonds. The molecule has 2 heterocycles. The van der Waals surface area contributed by atoms with Crippen LogP contribution in [-0.2, 0) is 11.3 Å². The van der Waals surface area contributed by atoms with Crippen molar-refractivity contribution in [2.75, 3.05) is 13.1 Å². The van der Waals surface area contributed by atoms with Gasteiger partial charge < -0.3 is 4.57 Å². The van der Waals surface area contributed by atoms with Gasteiger partial charge in [-0.3, -0.25) is 9.69 Å². The SMILES string of the molecule is CC(=O)C1CCCCN1CCn1ccnc1C. The summed E-state index contributed by atoms with van der Waals surface area (Å²) in [6.45, 7) is 6.65. The molecular weight excluding hydrogens is 214 g/mol. The van der Waals surface area contributed by atoms with Crippen LogP contribution < -0.4 is 0 Å². The molecule has 0 spiro atoms. The van der Waals surface area contributed by atoms with E-state index in [-0.39, 0.29) is 6.04 Å². The highest BCUT2D eigenvalue weighted by Crippen LogP contribution is 2.17. The molecule has 0 N–H and O–H groups in total. The van der Waals surface area contributed by atoms with Crippen molar-refractivity contribution >= 4 is 5.78 Å². The molecule has 94 valence electrons. The Morgan fingerprint density at radius 1 is 1.47 bits per heavy atom. The van der Waals surface area contributed by atoms with Crippen molar-refractivity contribution in [3.05, 3.63) is 18.2 Å². The standard InChI is InChI=1S/C13H21N3O/c1-11(17)13-5-3-4-7-16(13)10-9-15-8-6-14-12(15)2/h6,8,13H,3-5,7,9-10H2,1-2H3. The van der Waals surface area contributed by atoms with Gasteiger partial charge >= 0.3 is 0 Å². The van der Waals surface area contributed by atoms with Crippen LogP contribution in [0, 0.1) is 6.92 Å². The summed E-state index contributed by atoms with van der Waals surface area (Å²) in [6.07, 6.45) is 7.26. The van der Waals surface area contributed by atoms with Crippen molar-refractivity contribution < 1.29 is 4.79 Å². The number of piperidine rings is 1. The fourth-order valence-electron chi connectivity index (χ4n) is 2.60. The van der Waals surface area contributed by atoms with E-state index in [0.29, 0.717) is 5.78 Å². The number of aromatic nitrogens is 2. The second-order valence-electron chi connectivity index (χ2n) is 4.83. The average molecular weight is 235 g/mol. The van der Waals surface area contributed by atoms with Crippen molar-refractivity contribution in [2.45, 2.75) is 45.7 Å². The highest BCUT2D eigenvalue weighted by molar-refractivity contribution is 5.81. The van der Waals surface area contributed by atoms with Crippen LogP contribution in [0.3, 0.4) is 0 Å². The highest BCUT2D eigenvalue weighted by Gasteiger charge is 2.25. The van der Waals surface area contributed by atoms with Gasteiger partial charge in [-0.1, -0.05) is 6.42 Å². The van der Waals surface area contributed by atoms with E-state index in [1.54, 1.807) is 6.92 Å². The predicted molar refractivity (Wildman–Crippen MR) is 66.9 cm³/mol. The van der Waals surface area contributed by atoms with Crippen LogP contribution in [0.25, 0.3) is 0 Å². The zero-order chi connectivity index (χ0) is 12.3. The van der Waals surface area contributed by atoms with E-state index in [9.17, 15) is 4.79 Å². The third-order valence-electron chi connectivity index (χ3n) is 3.63. The van der Waals surface area contributed by atoms with Gasteiger partial charge in [0.25, 0.3) is 0 Å². The molecule has 0 aliphatic carbocycles. The minimum absolute atomic E-state index is 0.146. The van der Waals surface area contributed by atoms with Crippen LogP contribution in [0.5, 0.6) is 0 Å². The molecule has 17 heavy (non-hydrogen) atoms. The van der Waals surface area contributed by atoms with Gasteiger partial charge in [0, 0.05) is 25.5 Å². The van der Waals surface area contributed by atoms with Crippen LogP contribution in [0.1, 0.15) is 32.0 Å². The maximum Gasteiger partial charge on any atom is 0.146 e. The largest absolute Gasteiger partial charge is 0.334 e. The van der Waals surface area contributed by atoms with E-state index in [1.807, 2.05) is 19.3 Å². The first-order chi connectivity index (χ1) is 8.18. The van der Waals surface area contributed by atoms with Crippen LogP contribution in [0.4, 0.5) is 0 Å². The Labute approximate surface area is 103 Å². The summed E-state index contributed by atoms with van der Waals surface area (Å²) in [4.78, 5) is 18.1. The molecule has 1 saturated heterocycles. The van der Waals surface area contributed by atoms with Crippen molar-refractivity contribution in [2.24, 2.45) is 0 Å². The molecule has 1 aromatic rings. The lowest BCUT2D eigenvalue weighted by atomic mass is 9.99. The van der Waals surface area contributed by atoms with Crippen molar-refractivity contribution in [1.82, 2.24) is 14.5 Å². The van der Waals surface area contributed by atoms with Gasteiger partial charge in [-0.25, -0.2) is 4.98 Å². The average Bonchev–Trinajstić information content (AvgIpc) is 2.72. The fraction of sp³-hybridized carbons (Fsp3) is 0.692. The lowest BCUT2D eigenvalue weighted by Crippen LogP contribution is -2.45. The number of imidazole rings is 1. The normalized spacial score (nSPS) is 21.6. The van der Waals surface area contributed by atoms with E-state index in [1.165, 1.54) is 12.8 Å². The zero-order valence-corrected chi connectivity index (χ0v) is 10.7. The van der Waals surface area contributed by atoms with Crippen molar-refractivity contribution in [3.63, 3.8) is 0 Å². The Balaban J connectivity index is 1.92. The molecule has 2 rings (SSSR count). The quantitative estimate of drug-likeness (QED) is 0.796. The summed E-state index contributed by atoms with van der Waals surface area (Å²) in [5.41, 5.74) is 0. The Kier molecular flexibility index (Phi) is 3.94. The van der Waals surface area contributed by atoms with Gasteiger partial charge in [-0.2, -0.15) is 0 Å². The summed E-state index contributed by atoms with van der Waals surface area (Å²) in [7, 11) is 0. The number of ketones is 1. The Hall–Kier alpha value is -1.16. The molecule has 1 fully saturated rings. The van der Waals surface area contributed by atoms with E-state index in [4.69, 9.17) is 0 Å². The van der Waals surface area contributed by atoms with Gasteiger partial charge in [-0.05, 0) is 33.2 Å². The summed E-state index contributed by atoms with van der Waals surface area (Å²) < 4.78 is 2.14. The molecule has 1 unspecified atom stereocenters. The monoisotopic (exact) mass is 235 g/mol. The molecular formula is C13H21N3O. The minimum Gasteiger partial charge on any atom is -0.334 e. The molecule has 1 aliphatic rings. The third kappa shape index (κ3) is 2.94. The Bertz CT molecular complexity index is 386. The number of carbonyl (C=O) groups is 1. The molecule has 0 radical (unpaired) electrons. The molecule has 4 nitrogen and oxygen atoms in total. The van der Waals surface area contributed by atoms with E-state index < -0.39 is 0 Å². The topological polar surface area (TPSA) is 38.1 Å². The predicted octanol–water partition coefficient (Wildman–Crippen LogP) is 1.64. The van der Waals surface area contributed by atoms with Gasteiger partial charge in [0.15, 0.2) is 0 Å². The minimum atomic E-state index is 0.146. The highest BCUT2D eigenvalue weighted by atomic mass is 16.1. The number of nitrogens with zero attached hydrogens (tertiary/aromatic N) is 3. The number of likely N-dealkylation sites (tertiary alicyclic amines) is 1. The van der Waals surface area contributed by atoms with Gasteiger partial charge in [-0.15, -0.1) is 0 Å². The summed E-state index contributed by atoms with van der Waals surface area (Å²) in [5, 5.41) is 0. The summed E-state index contributed by atoms with van der Waals surface area (Å²) in [5.74, 6) is 1.36. The van der Waals surface area contributed by atoms with E-state index in [0.717, 1.165) is 31.9 Å². The fourth-order valence-corrected chi connectivity index (χ4v) is 2.60. The van der Waals surface area contributed by atoms with Crippen LogP contribution in [0.2, 0.25) is 0 Å². The lowest BCUT2D eigenvalue weighted by molar-refractivity contribution is -0.123. The first kappa shape index (κ1) is 12.3. The summed E-state index contributed by atoms with van der Waals surface area (Å²) >= 11 is 0. The Morgan fingerprint density at radius 3 is 2.94 bits per heavy atom. The number of Topliss-reactive ketones (excluding diaryl/α,β-unsaturated/α-hetero) is 1. The smallest absolute Gasteiger partial charge is 0.146 e. The molecule has 0 bridgehead atoms. The number of aryl methyl sites for hydroxylation is 1. The van der Waals surface area contributed by atoms with Crippen molar-refractivity contribution in [3.8, 4) is 0 Å². The molecule has 1 aromatic heterocycles.